The van der Waals surface area contributed by atoms with E-state index in [-0.39, 0.29) is 17.1 Å². The maximum Gasteiger partial charge on any atom is 0.233 e. The molecule has 3 rings (SSSR count). The molecule has 108 valence electrons. The largest absolute Gasteiger partial charge is 0.341 e. The topological polar surface area (TPSA) is 46.3 Å². The molecule has 1 unspecified atom stereocenters. The van der Waals surface area contributed by atoms with Crippen LogP contribution in [0.25, 0.3) is 0 Å². The minimum atomic E-state index is -0.395. The van der Waals surface area contributed by atoms with Crippen LogP contribution in [0, 0.1) is 11.2 Å². The fourth-order valence-electron chi connectivity index (χ4n) is 3.19. The summed E-state index contributed by atoms with van der Waals surface area (Å²) in [6.07, 6.45) is 2.70. The van der Waals surface area contributed by atoms with Crippen LogP contribution in [-0.4, -0.2) is 30.4 Å². The van der Waals surface area contributed by atoms with Gasteiger partial charge in [0, 0.05) is 13.1 Å². The smallest absolute Gasteiger partial charge is 0.233 e. The normalized spacial score (nSPS) is 27.6. The van der Waals surface area contributed by atoms with E-state index in [1.807, 2.05) is 4.90 Å². The van der Waals surface area contributed by atoms with Crippen molar-refractivity contribution >= 4 is 5.91 Å². The van der Waals surface area contributed by atoms with Crippen molar-refractivity contribution in [1.29, 1.82) is 0 Å². The van der Waals surface area contributed by atoms with Gasteiger partial charge in [0.15, 0.2) is 0 Å². The summed E-state index contributed by atoms with van der Waals surface area (Å²) in [7, 11) is 0. The molecule has 0 aromatic heterocycles. The van der Waals surface area contributed by atoms with Crippen LogP contribution in [0.4, 0.5) is 4.39 Å². The molecule has 1 aromatic rings. The van der Waals surface area contributed by atoms with Crippen molar-refractivity contribution in [2.45, 2.75) is 31.6 Å². The molecule has 1 aromatic carbocycles. The molecule has 1 atom stereocenters. The Kier molecular flexibility index (Phi) is 3.09. The Labute approximate surface area is 118 Å². The fourth-order valence-corrected chi connectivity index (χ4v) is 3.19. The summed E-state index contributed by atoms with van der Waals surface area (Å²) in [5.41, 5.74) is 6.41. The van der Waals surface area contributed by atoms with Gasteiger partial charge in [-0.2, -0.15) is 0 Å². The molecular formula is C16H21FN2O. The third kappa shape index (κ3) is 2.12. The molecule has 4 heteroatoms. The van der Waals surface area contributed by atoms with Gasteiger partial charge in [-0.15, -0.1) is 0 Å². The maximum atomic E-state index is 13.0. The molecule has 1 aliphatic carbocycles. The molecule has 2 N–H and O–H groups in total. The molecule has 0 spiro atoms. The van der Waals surface area contributed by atoms with Crippen molar-refractivity contribution in [3.63, 3.8) is 0 Å². The van der Waals surface area contributed by atoms with Crippen LogP contribution < -0.4 is 5.73 Å². The number of likely N-dealkylation sites (tertiary alicyclic amines) is 1. The zero-order valence-corrected chi connectivity index (χ0v) is 11.9. The second kappa shape index (κ2) is 4.55. The number of rotatable bonds is 3. The van der Waals surface area contributed by atoms with Gasteiger partial charge in [-0.25, -0.2) is 4.39 Å². The van der Waals surface area contributed by atoms with E-state index in [0.717, 1.165) is 37.9 Å². The zero-order chi connectivity index (χ0) is 14.4. The first kappa shape index (κ1) is 13.6. The van der Waals surface area contributed by atoms with Gasteiger partial charge in [0.1, 0.15) is 5.82 Å². The van der Waals surface area contributed by atoms with Crippen LogP contribution >= 0.6 is 0 Å². The molecule has 20 heavy (non-hydrogen) atoms. The van der Waals surface area contributed by atoms with Crippen molar-refractivity contribution in [2.24, 2.45) is 11.1 Å². The van der Waals surface area contributed by atoms with E-state index in [9.17, 15) is 9.18 Å². The van der Waals surface area contributed by atoms with Gasteiger partial charge in [-0.1, -0.05) is 19.1 Å². The molecule has 0 bridgehead atoms. The molecule has 2 fully saturated rings. The van der Waals surface area contributed by atoms with Crippen LogP contribution in [0.15, 0.2) is 24.3 Å². The molecule has 1 heterocycles. The van der Waals surface area contributed by atoms with Crippen molar-refractivity contribution in [2.75, 3.05) is 19.6 Å². The first-order valence-corrected chi connectivity index (χ1v) is 7.25. The molecule has 0 radical (unpaired) electrons. The molecule has 2 aliphatic rings. The van der Waals surface area contributed by atoms with Crippen molar-refractivity contribution in [1.82, 2.24) is 4.90 Å². The number of amides is 1. The van der Waals surface area contributed by atoms with Crippen LogP contribution in [-0.2, 0) is 10.2 Å². The van der Waals surface area contributed by atoms with Gasteiger partial charge in [-0.05, 0) is 48.9 Å². The SMILES string of the molecule is CC1(CN)CCN(C(=O)C2(c3ccc(F)cc3)CC2)C1. The number of nitrogens with zero attached hydrogens (tertiary/aromatic N) is 1. The number of carbonyl (C=O) groups is 1. The van der Waals surface area contributed by atoms with Gasteiger partial charge in [-0.3, -0.25) is 4.79 Å². The van der Waals surface area contributed by atoms with Crippen LogP contribution in [0.2, 0.25) is 0 Å². The van der Waals surface area contributed by atoms with Gasteiger partial charge < -0.3 is 10.6 Å². The monoisotopic (exact) mass is 276 g/mol. The van der Waals surface area contributed by atoms with Crippen molar-refractivity contribution in [3.05, 3.63) is 35.6 Å². The van der Waals surface area contributed by atoms with E-state index in [1.165, 1.54) is 12.1 Å². The number of hydrogen-bond acceptors (Lipinski definition) is 2. The van der Waals surface area contributed by atoms with E-state index in [0.29, 0.717) is 6.54 Å². The number of carbonyl (C=O) groups excluding carboxylic acids is 1. The van der Waals surface area contributed by atoms with Crippen LogP contribution in [0.3, 0.4) is 0 Å². The summed E-state index contributed by atoms with van der Waals surface area (Å²) in [5.74, 6) is -0.0600. The molecule has 1 saturated carbocycles. The van der Waals surface area contributed by atoms with E-state index < -0.39 is 5.41 Å². The minimum Gasteiger partial charge on any atom is -0.341 e. The predicted octanol–water partition coefficient (Wildman–Crippen LogP) is 2.05. The zero-order valence-electron chi connectivity index (χ0n) is 11.9. The number of hydrogen-bond donors (Lipinski definition) is 1. The lowest BCUT2D eigenvalue weighted by atomic mass is 9.90. The van der Waals surface area contributed by atoms with Crippen molar-refractivity contribution < 1.29 is 9.18 Å². The van der Waals surface area contributed by atoms with Gasteiger partial charge >= 0.3 is 0 Å². The molecule has 1 saturated heterocycles. The predicted molar refractivity (Wildman–Crippen MR) is 75.7 cm³/mol. The van der Waals surface area contributed by atoms with E-state index in [1.54, 1.807) is 12.1 Å². The standard InChI is InChI=1S/C16H21FN2O/c1-15(10-18)8-9-19(11-15)14(20)16(6-7-16)12-2-4-13(17)5-3-12/h2-5H,6-11,18H2,1H3. The first-order chi connectivity index (χ1) is 9.49. The van der Waals surface area contributed by atoms with E-state index in [2.05, 4.69) is 6.92 Å². The molecule has 1 amide bonds. The highest BCUT2D eigenvalue weighted by atomic mass is 19.1. The van der Waals surface area contributed by atoms with Gasteiger partial charge in [0.25, 0.3) is 0 Å². The summed E-state index contributed by atoms with van der Waals surface area (Å²) < 4.78 is 13.0. The summed E-state index contributed by atoms with van der Waals surface area (Å²) in [5, 5.41) is 0. The lowest BCUT2D eigenvalue weighted by molar-refractivity contribution is -0.133. The fraction of sp³-hybridized carbons (Fsp3) is 0.562. The van der Waals surface area contributed by atoms with Gasteiger partial charge in [0.05, 0.1) is 5.41 Å². The quantitative estimate of drug-likeness (QED) is 0.918. The van der Waals surface area contributed by atoms with Crippen LogP contribution in [0.1, 0.15) is 31.7 Å². The minimum absolute atomic E-state index is 0.0501. The Morgan fingerprint density at radius 2 is 1.95 bits per heavy atom. The molecular weight excluding hydrogens is 255 g/mol. The second-order valence-corrected chi connectivity index (χ2v) is 6.58. The lowest BCUT2D eigenvalue weighted by Crippen LogP contribution is -2.40. The summed E-state index contributed by atoms with van der Waals surface area (Å²) in [6, 6.07) is 6.38. The van der Waals surface area contributed by atoms with Gasteiger partial charge in [0.2, 0.25) is 5.91 Å². The Morgan fingerprint density at radius 1 is 1.30 bits per heavy atom. The highest BCUT2D eigenvalue weighted by Gasteiger charge is 2.54. The van der Waals surface area contributed by atoms with E-state index >= 15 is 0 Å². The lowest BCUT2D eigenvalue weighted by Gasteiger charge is -2.26. The Balaban J connectivity index is 1.79. The van der Waals surface area contributed by atoms with Crippen LogP contribution in [0.5, 0.6) is 0 Å². The third-order valence-electron chi connectivity index (χ3n) is 4.89. The number of nitrogens with two attached hydrogens (primary N) is 1. The van der Waals surface area contributed by atoms with Crippen molar-refractivity contribution in [3.8, 4) is 0 Å². The average molecular weight is 276 g/mol. The summed E-state index contributed by atoms with van der Waals surface area (Å²) >= 11 is 0. The highest BCUT2D eigenvalue weighted by molar-refractivity contribution is 5.91. The summed E-state index contributed by atoms with van der Waals surface area (Å²) in [4.78, 5) is 14.8. The third-order valence-corrected chi connectivity index (χ3v) is 4.89. The van der Waals surface area contributed by atoms with E-state index in [4.69, 9.17) is 5.73 Å². The average Bonchev–Trinajstić information content (AvgIpc) is 3.17. The highest BCUT2D eigenvalue weighted by Crippen LogP contribution is 2.50. The second-order valence-electron chi connectivity index (χ2n) is 6.58. The molecule has 1 aliphatic heterocycles. The number of benzene rings is 1. The Hall–Kier alpha value is -1.42. The molecule has 3 nitrogen and oxygen atoms in total. The first-order valence-electron chi connectivity index (χ1n) is 7.25. The summed E-state index contributed by atoms with van der Waals surface area (Å²) in [6.45, 7) is 4.28. The maximum absolute atomic E-state index is 13.0. The number of halogens is 1. The Bertz CT molecular complexity index is 524. The Morgan fingerprint density at radius 3 is 2.45 bits per heavy atom.